The summed E-state index contributed by atoms with van der Waals surface area (Å²) in [5.74, 6) is 0.679. The van der Waals surface area contributed by atoms with Gasteiger partial charge in [-0.15, -0.1) is 11.3 Å². The summed E-state index contributed by atoms with van der Waals surface area (Å²) in [5.41, 5.74) is 6.93. The van der Waals surface area contributed by atoms with Crippen LogP contribution in [-0.2, 0) is 4.84 Å². The molecule has 1 unspecified atom stereocenters. The second-order valence-corrected chi connectivity index (χ2v) is 8.15. The van der Waals surface area contributed by atoms with E-state index in [0.29, 0.717) is 15.8 Å². The van der Waals surface area contributed by atoms with Crippen LogP contribution in [0.25, 0.3) is 16.8 Å². The molecule has 4 rings (SSSR count). The zero-order valence-corrected chi connectivity index (χ0v) is 17.2. The van der Waals surface area contributed by atoms with Gasteiger partial charge in [-0.05, 0) is 35.4 Å². The molecular formula is C22H19ClN2O3S. The minimum Gasteiger partial charge on any atom is -0.496 e. The van der Waals surface area contributed by atoms with Crippen LogP contribution in [0.15, 0.2) is 66.7 Å². The molecule has 29 heavy (non-hydrogen) atoms. The number of ether oxygens (including phenoxy) is 1. The maximum Gasteiger partial charge on any atom is 0.261 e. The van der Waals surface area contributed by atoms with Crippen LogP contribution in [0.3, 0.4) is 0 Å². The molecule has 0 fully saturated rings. The van der Waals surface area contributed by atoms with Crippen LogP contribution in [0.2, 0.25) is 4.34 Å². The van der Waals surface area contributed by atoms with Crippen LogP contribution in [-0.4, -0.2) is 25.7 Å². The smallest absolute Gasteiger partial charge is 0.261 e. The molecule has 3 aromatic rings. The molecule has 0 spiro atoms. The molecule has 0 bridgehead atoms. The normalized spacial score (nSPS) is 15.5. The van der Waals surface area contributed by atoms with Crippen molar-refractivity contribution in [2.75, 3.05) is 13.7 Å². The molecule has 0 aliphatic carbocycles. The second kappa shape index (κ2) is 8.69. The van der Waals surface area contributed by atoms with Gasteiger partial charge < -0.3 is 10.1 Å². The molecule has 1 aromatic heterocycles. The van der Waals surface area contributed by atoms with Crippen LogP contribution in [0.5, 0.6) is 5.75 Å². The Bertz CT molecular complexity index is 1050. The number of rotatable bonds is 6. The molecular weight excluding hydrogens is 408 g/mol. The third-order valence-electron chi connectivity index (χ3n) is 4.55. The quantitative estimate of drug-likeness (QED) is 0.597. The predicted molar refractivity (Wildman–Crippen MR) is 116 cm³/mol. The Labute approximate surface area is 177 Å². The first-order valence-electron chi connectivity index (χ1n) is 9.05. The number of hydroxylamine groups is 1. The van der Waals surface area contributed by atoms with Gasteiger partial charge in [-0.25, -0.2) is 0 Å². The minimum absolute atomic E-state index is 0.159. The van der Waals surface area contributed by atoms with Crippen molar-refractivity contribution in [3.63, 3.8) is 0 Å². The largest absolute Gasteiger partial charge is 0.496 e. The highest BCUT2D eigenvalue weighted by Gasteiger charge is 2.19. The molecule has 5 nitrogen and oxygen atoms in total. The summed E-state index contributed by atoms with van der Waals surface area (Å²) in [4.78, 5) is 18.3. The second-order valence-electron chi connectivity index (χ2n) is 6.43. The molecule has 2 heterocycles. The third-order valence-corrected chi connectivity index (χ3v) is 5.78. The van der Waals surface area contributed by atoms with Gasteiger partial charge >= 0.3 is 0 Å². The number of hydrogen-bond acceptors (Lipinski definition) is 5. The fourth-order valence-electron chi connectivity index (χ4n) is 3.08. The Balaban J connectivity index is 1.41. The number of nitrogens with one attached hydrogen (secondary N) is 2. The molecule has 7 heteroatoms. The average Bonchev–Trinajstić information content (AvgIpc) is 3.41. The highest BCUT2D eigenvalue weighted by atomic mass is 35.5. The standard InChI is InChI=1S/C22H19ClN2O3S/c1-27-19-5-3-2-4-17(19)14-6-8-15(9-7-14)18-12-16(28-25-18)13-24-22(26)20-10-11-21(23)29-20/h2-12,16,25H,13H2,1H3,(H,24,26). The van der Waals surface area contributed by atoms with Crippen LogP contribution in [0.1, 0.15) is 15.2 Å². The first-order chi connectivity index (χ1) is 14.1. The summed E-state index contributed by atoms with van der Waals surface area (Å²) < 4.78 is 6.03. The third kappa shape index (κ3) is 4.45. The van der Waals surface area contributed by atoms with E-state index in [2.05, 4.69) is 10.8 Å². The van der Waals surface area contributed by atoms with Gasteiger partial charge in [0.1, 0.15) is 11.9 Å². The van der Waals surface area contributed by atoms with Gasteiger partial charge in [-0.3, -0.25) is 15.1 Å². The highest BCUT2D eigenvalue weighted by molar-refractivity contribution is 7.17. The van der Waals surface area contributed by atoms with E-state index >= 15 is 0 Å². The fraction of sp³-hybridized carbons (Fsp3) is 0.136. The number of methoxy groups -OCH3 is 1. The molecule has 2 aromatic carbocycles. The summed E-state index contributed by atoms with van der Waals surface area (Å²) in [6, 6.07) is 19.5. The predicted octanol–water partition coefficient (Wildman–Crippen LogP) is 4.75. The molecule has 2 N–H and O–H groups in total. The van der Waals surface area contributed by atoms with Crippen molar-refractivity contribution < 1.29 is 14.4 Å². The number of thiophene rings is 1. The Morgan fingerprint density at radius 2 is 1.90 bits per heavy atom. The monoisotopic (exact) mass is 426 g/mol. The minimum atomic E-state index is -0.252. The Kier molecular flexibility index (Phi) is 5.85. The van der Waals surface area contributed by atoms with E-state index in [9.17, 15) is 4.79 Å². The lowest BCUT2D eigenvalue weighted by atomic mass is 10.0. The van der Waals surface area contributed by atoms with Gasteiger partial charge in [-0.2, -0.15) is 0 Å². The van der Waals surface area contributed by atoms with E-state index in [1.165, 1.54) is 11.3 Å². The van der Waals surface area contributed by atoms with E-state index < -0.39 is 0 Å². The van der Waals surface area contributed by atoms with Gasteiger partial charge in [-0.1, -0.05) is 54.1 Å². The molecule has 1 amide bonds. The van der Waals surface area contributed by atoms with Crippen molar-refractivity contribution in [1.29, 1.82) is 0 Å². The lowest BCUT2D eigenvalue weighted by Gasteiger charge is -2.10. The first-order valence-corrected chi connectivity index (χ1v) is 10.2. The molecule has 0 saturated carbocycles. The number of hydrogen-bond donors (Lipinski definition) is 2. The SMILES string of the molecule is COc1ccccc1-c1ccc(C2=CC(CNC(=O)c3ccc(Cl)s3)ON2)cc1. The van der Waals surface area contributed by atoms with Crippen molar-refractivity contribution >= 4 is 34.5 Å². The first kappa shape index (κ1) is 19.5. The summed E-state index contributed by atoms with van der Waals surface area (Å²) in [6.45, 7) is 0.365. The number of benzene rings is 2. The number of amides is 1. The maximum absolute atomic E-state index is 12.1. The van der Waals surface area contributed by atoms with Crippen LogP contribution < -0.4 is 15.5 Å². The molecule has 1 aliphatic heterocycles. The number of halogens is 1. The van der Waals surface area contributed by atoms with E-state index in [1.807, 2.05) is 54.6 Å². The molecule has 148 valence electrons. The topological polar surface area (TPSA) is 59.6 Å². The fourth-order valence-corrected chi connectivity index (χ4v) is 4.04. The van der Waals surface area contributed by atoms with Crippen LogP contribution in [0.4, 0.5) is 0 Å². The maximum atomic E-state index is 12.1. The molecule has 0 saturated heterocycles. The molecule has 1 atom stereocenters. The van der Waals surface area contributed by atoms with Crippen molar-refractivity contribution in [3.8, 4) is 16.9 Å². The zero-order valence-electron chi connectivity index (χ0n) is 15.6. The van der Waals surface area contributed by atoms with E-state index in [4.69, 9.17) is 21.2 Å². The molecule has 1 aliphatic rings. The summed E-state index contributed by atoms with van der Waals surface area (Å²) >= 11 is 7.12. The van der Waals surface area contributed by atoms with Gasteiger partial charge in [0, 0.05) is 5.56 Å². The lowest BCUT2D eigenvalue weighted by molar-refractivity contribution is 0.0499. The van der Waals surface area contributed by atoms with E-state index in [1.54, 1.807) is 19.2 Å². The number of para-hydroxylation sites is 1. The Hall–Kier alpha value is -2.80. The van der Waals surface area contributed by atoms with E-state index in [0.717, 1.165) is 28.1 Å². The van der Waals surface area contributed by atoms with Crippen molar-refractivity contribution in [2.24, 2.45) is 0 Å². The Morgan fingerprint density at radius 1 is 1.14 bits per heavy atom. The van der Waals surface area contributed by atoms with Gasteiger partial charge in [0.05, 0.1) is 28.6 Å². The zero-order chi connectivity index (χ0) is 20.2. The van der Waals surface area contributed by atoms with Gasteiger partial charge in [0.25, 0.3) is 5.91 Å². The van der Waals surface area contributed by atoms with E-state index in [-0.39, 0.29) is 12.0 Å². The highest BCUT2D eigenvalue weighted by Crippen LogP contribution is 2.30. The average molecular weight is 427 g/mol. The summed E-state index contributed by atoms with van der Waals surface area (Å²) in [6.07, 6.45) is 1.71. The summed E-state index contributed by atoms with van der Waals surface area (Å²) in [5, 5.41) is 2.86. The van der Waals surface area contributed by atoms with Gasteiger partial charge in [0.2, 0.25) is 0 Å². The van der Waals surface area contributed by atoms with Crippen LogP contribution >= 0.6 is 22.9 Å². The number of carbonyl (C=O) groups is 1. The van der Waals surface area contributed by atoms with Crippen molar-refractivity contribution in [1.82, 2.24) is 10.8 Å². The van der Waals surface area contributed by atoms with Crippen molar-refractivity contribution in [3.05, 3.63) is 81.5 Å². The molecule has 0 radical (unpaired) electrons. The number of carbonyl (C=O) groups excluding carboxylic acids is 1. The summed E-state index contributed by atoms with van der Waals surface area (Å²) in [7, 11) is 1.67. The lowest BCUT2D eigenvalue weighted by Crippen LogP contribution is -2.31. The Morgan fingerprint density at radius 3 is 2.62 bits per heavy atom. The van der Waals surface area contributed by atoms with Gasteiger partial charge in [0.15, 0.2) is 0 Å². The van der Waals surface area contributed by atoms with Crippen molar-refractivity contribution in [2.45, 2.75) is 6.10 Å². The van der Waals surface area contributed by atoms with Crippen LogP contribution in [0, 0.1) is 0 Å².